The van der Waals surface area contributed by atoms with Crippen LogP contribution in [-0.2, 0) is 9.53 Å². The minimum Gasteiger partial charge on any atom is -0.469 e. The number of esters is 1. The number of rotatable bonds is 4. The van der Waals surface area contributed by atoms with Crippen LogP contribution < -0.4 is 0 Å². The molecule has 3 heteroatoms. The maximum absolute atomic E-state index is 10.9. The fourth-order valence-electron chi connectivity index (χ4n) is 1.14. The fourth-order valence-corrected chi connectivity index (χ4v) is 2.43. The molecule has 0 spiro atoms. The molecule has 0 saturated carbocycles. The van der Waals surface area contributed by atoms with E-state index in [4.69, 9.17) is 0 Å². The monoisotopic (exact) mass is 250 g/mol. The molecule has 0 fully saturated rings. The molecule has 1 unspecified atom stereocenters. The van der Waals surface area contributed by atoms with E-state index < -0.39 is 0 Å². The van der Waals surface area contributed by atoms with E-state index >= 15 is 0 Å². The molecule has 78 valence electrons. The van der Waals surface area contributed by atoms with Gasteiger partial charge in [0.1, 0.15) is 0 Å². The highest BCUT2D eigenvalue weighted by atomic mass is 79.9. The first-order valence-corrected chi connectivity index (χ1v) is 5.66. The molecule has 0 heterocycles. The fraction of sp³-hybridized carbons (Fsp3) is 0.900. The van der Waals surface area contributed by atoms with Gasteiger partial charge in [0, 0.05) is 11.8 Å². The van der Waals surface area contributed by atoms with Crippen molar-refractivity contribution in [1.82, 2.24) is 0 Å². The summed E-state index contributed by atoms with van der Waals surface area (Å²) in [5, 5.41) is 0.938. The lowest BCUT2D eigenvalue weighted by molar-refractivity contribution is -0.141. The van der Waals surface area contributed by atoms with Crippen molar-refractivity contribution in [2.24, 2.45) is 11.3 Å². The van der Waals surface area contributed by atoms with Crippen LogP contribution in [0.2, 0.25) is 0 Å². The number of methoxy groups -OCH3 is 1. The third kappa shape index (κ3) is 5.29. The van der Waals surface area contributed by atoms with Crippen LogP contribution in [0.1, 0.15) is 33.6 Å². The second kappa shape index (κ2) is 5.63. The van der Waals surface area contributed by atoms with Gasteiger partial charge in [-0.2, -0.15) is 0 Å². The van der Waals surface area contributed by atoms with Crippen molar-refractivity contribution in [1.29, 1.82) is 0 Å². The minimum atomic E-state index is -0.116. The van der Waals surface area contributed by atoms with Crippen molar-refractivity contribution in [3.05, 3.63) is 0 Å². The molecule has 0 saturated heterocycles. The van der Waals surface area contributed by atoms with Gasteiger partial charge in [0.05, 0.1) is 7.11 Å². The Labute approximate surface area is 89.2 Å². The van der Waals surface area contributed by atoms with Crippen molar-refractivity contribution >= 4 is 21.9 Å². The number of hydrogen-bond acceptors (Lipinski definition) is 2. The Morgan fingerprint density at radius 2 is 2.00 bits per heavy atom. The molecule has 0 aromatic carbocycles. The molecule has 0 bridgehead atoms. The summed E-state index contributed by atoms with van der Waals surface area (Å²) >= 11 is 3.47. The number of hydrogen-bond donors (Lipinski definition) is 0. The van der Waals surface area contributed by atoms with Crippen molar-refractivity contribution < 1.29 is 9.53 Å². The Morgan fingerprint density at radius 1 is 1.46 bits per heavy atom. The summed E-state index contributed by atoms with van der Waals surface area (Å²) in [6.07, 6.45) is 1.41. The summed E-state index contributed by atoms with van der Waals surface area (Å²) in [7, 11) is 1.43. The van der Waals surface area contributed by atoms with Gasteiger partial charge in [-0.25, -0.2) is 0 Å². The third-order valence-electron chi connectivity index (χ3n) is 2.34. The van der Waals surface area contributed by atoms with E-state index in [-0.39, 0.29) is 11.4 Å². The van der Waals surface area contributed by atoms with Gasteiger partial charge in [-0.15, -0.1) is 0 Å². The topological polar surface area (TPSA) is 26.3 Å². The molecule has 1 atom stereocenters. The summed E-state index contributed by atoms with van der Waals surface area (Å²) < 4.78 is 4.60. The van der Waals surface area contributed by atoms with Gasteiger partial charge >= 0.3 is 5.97 Å². The second-order valence-electron chi connectivity index (χ2n) is 4.33. The molecule has 0 amide bonds. The first-order valence-electron chi connectivity index (χ1n) is 4.54. The lowest BCUT2D eigenvalue weighted by Crippen LogP contribution is -2.22. The number of halogens is 1. The summed E-state index contributed by atoms with van der Waals surface area (Å²) in [6.45, 7) is 6.57. The largest absolute Gasteiger partial charge is 0.469 e. The standard InChI is InChI=1S/C10H19BrO2/c1-10(2,3)8(7-11)5-6-9(12)13-4/h8H,5-7H2,1-4H3. The van der Waals surface area contributed by atoms with Gasteiger partial charge in [0.2, 0.25) is 0 Å². The summed E-state index contributed by atoms with van der Waals surface area (Å²) in [4.78, 5) is 10.9. The lowest BCUT2D eigenvalue weighted by atomic mass is 9.79. The van der Waals surface area contributed by atoms with E-state index in [1.807, 2.05) is 0 Å². The molecule has 0 aliphatic heterocycles. The molecule has 0 aromatic rings. The number of carbonyl (C=O) groups is 1. The van der Waals surface area contributed by atoms with Crippen LogP contribution in [-0.4, -0.2) is 18.4 Å². The Hall–Kier alpha value is -0.0500. The van der Waals surface area contributed by atoms with E-state index in [1.165, 1.54) is 7.11 Å². The highest BCUT2D eigenvalue weighted by molar-refractivity contribution is 9.09. The average Bonchev–Trinajstić information content (AvgIpc) is 2.02. The third-order valence-corrected chi connectivity index (χ3v) is 3.12. The van der Waals surface area contributed by atoms with E-state index in [0.29, 0.717) is 12.3 Å². The van der Waals surface area contributed by atoms with Gasteiger partial charge < -0.3 is 4.74 Å². The number of alkyl halides is 1. The molecule has 0 aliphatic rings. The minimum absolute atomic E-state index is 0.116. The van der Waals surface area contributed by atoms with Gasteiger partial charge in [0.15, 0.2) is 0 Å². The average molecular weight is 251 g/mol. The normalized spacial score (nSPS) is 13.9. The Morgan fingerprint density at radius 3 is 2.31 bits per heavy atom. The van der Waals surface area contributed by atoms with Crippen molar-refractivity contribution in [3.8, 4) is 0 Å². The van der Waals surface area contributed by atoms with Crippen LogP contribution in [0.25, 0.3) is 0 Å². The smallest absolute Gasteiger partial charge is 0.305 e. The van der Waals surface area contributed by atoms with Gasteiger partial charge in [-0.3, -0.25) is 4.79 Å². The maximum Gasteiger partial charge on any atom is 0.305 e. The molecule has 2 nitrogen and oxygen atoms in total. The van der Waals surface area contributed by atoms with Gasteiger partial charge in [-0.1, -0.05) is 36.7 Å². The van der Waals surface area contributed by atoms with Crippen LogP contribution >= 0.6 is 15.9 Å². The van der Waals surface area contributed by atoms with Crippen LogP contribution in [0.4, 0.5) is 0 Å². The molecule has 0 radical (unpaired) electrons. The highest BCUT2D eigenvalue weighted by Gasteiger charge is 2.23. The van der Waals surface area contributed by atoms with E-state index in [0.717, 1.165) is 11.8 Å². The summed E-state index contributed by atoms with van der Waals surface area (Å²) in [5.74, 6) is 0.404. The van der Waals surface area contributed by atoms with E-state index in [2.05, 4.69) is 41.4 Å². The van der Waals surface area contributed by atoms with Crippen molar-refractivity contribution in [2.45, 2.75) is 33.6 Å². The molecule has 13 heavy (non-hydrogen) atoms. The van der Waals surface area contributed by atoms with Crippen LogP contribution in [0.3, 0.4) is 0 Å². The second-order valence-corrected chi connectivity index (χ2v) is 4.98. The molecular formula is C10H19BrO2. The molecule has 0 N–H and O–H groups in total. The highest BCUT2D eigenvalue weighted by Crippen LogP contribution is 2.31. The summed E-state index contributed by atoms with van der Waals surface area (Å²) in [6, 6.07) is 0. The zero-order valence-corrected chi connectivity index (χ0v) is 10.5. The molecule has 0 aliphatic carbocycles. The first-order chi connectivity index (χ1) is 5.91. The molecular weight excluding hydrogens is 232 g/mol. The zero-order valence-electron chi connectivity index (χ0n) is 8.89. The SMILES string of the molecule is COC(=O)CCC(CBr)C(C)(C)C. The predicted molar refractivity (Wildman–Crippen MR) is 58.0 cm³/mol. The van der Waals surface area contributed by atoms with Crippen LogP contribution in [0.15, 0.2) is 0 Å². The summed E-state index contributed by atoms with van der Waals surface area (Å²) in [5.41, 5.74) is 0.248. The van der Waals surface area contributed by atoms with E-state index in [9.17, 15) is 4.79 Å². The Bertz CT molecular complexity index is 161. The van der Waals surface area contributed by atoms with Crippen LogP contribution in [0.5, 0.6) is 0 Å². The predicted octanol–water partition coefficient (Wildman–Crippen LogP) is 3.00. The molecule has 0 aromatic heterocycles. The lowest BCUT2D eigenvalue weighted by Gasteiger charge is -2.28. The van der Waals surface area contributed by atoms with Gasteiger partial charge in [0.25, 0.3) is 0 Å². The quantitative estimate of drug-likeness (QED) is 0.567. The Kier molecular flexibility index (Phi) is 5.61. The van der Waals surface area contributed by atoms with Crippen molar-refractivity contribution in [2.75, 3.05) is 12.4 Å². The first kappa shape index (κ1) is 12.9. The number of carbonyl (C=O) groups excluding carboxylic acids is 1. The maximum atomic E-state index is 10.9. The zero-order chi connectivity index (χ0) is 10.5. The van der Waals surface area contributed by atoms with Crippen LogP contribution in [0, 0.1) is 11.3 Å². The molecule has 0 rings (SSSR count). The van der Waals surface area contributed by atoms with E-state index in [1.54, 1.807) is 0 Å². The Balaban J connectivity index is 3.93. The number of ether oxygens (including phenoxy) is 1. The van der Waals surface area contributed by atoms with Gasteiger partial charge in [-0.05, 0) is 17.8 Å². The van der Waals surface area contributed by atoms with Crippen molar-refractivity contribution in [3.63, 3.8) is 0 Å².